The summed E-state index contributed by atoms with van der Waals surface area (Å²) in [4.78, 5) is 6.34. The first-order chi connectivity index (χ1) is 7.24. The lowest BCUT2D eigenvalue weighted by Gasteiger charge is -2.12. The number of hydrogen-bond donors (Lipinski definition) is 1. The minimum atomic E-state index is 0.622. The van der Waals surface area contributed by atoms with Crippen molar-refractivity contribution < 1.29 is 4.42 Å². The SMILES string of the molecule is CN(Cc1csc(N)n1)Cc1ccco1. The lowest BCUT2D eigenvalue weighted by Crippen LogP contribution is -2.17. The Morgan fingerprint density at radius 1 is 1.53 bits per heavy atom. The first-order valence-electron chi connectivity index (χ1n) is 4.65. The molecule has 0 aliphatic carbocycles. The Balaban J connectivity index is 1.90. The molecule has 2 aromatic rings. The highest BCUT2D eigenvalue weighted by Crippen LogP contribution is 2.13. The Bertz CT molecular complexity index is 410. The molecule has 0 aliphatic rings. The Kier molecular flexibility index (Phi) is 3.03. The van der Waals surface area contributed by atoms with Gasteiger partial charge in [-0.15, -0.1) is 11.3 Å². The lowest BCUT2D eigenvalue weighted by atomic mass is 10.4. The van der Waals surface area contributed by atoms with E-state index >= 15 is 0 Å². The molecule has 0 saturated heterocycles. The lowest BCUT2D eigenvalue weighted by molar-refractivity contribution is 0.285. The van der Waals surface area contributed by atoms with Crippen LogP contribution in [0.4, 0.5) is 5.13 Å². The molecule has 2 aromatic heterocycles. The third kappa shape index (κ3) is 2.81. The van der Waals surface area contributed by atoms with Gasteiger partial charge in [0.05, 0.1) is 18.5 Å². The number of nitrogen functional groups attached to an aromatic ring is 1. The summed E-state index contributed by atoms with van der Waals surface area (Å²) < 4.78 is 5.26. The molecule has 0 radical (unpaired) electrons. The molecule has 0 saturated carbocycles. The van der Waals surface area contributed by atoms with Crippen LogP contribution in [0.25, 0.3) is 0 Å². The number of nitrogens with zero attached hydrogens (tertiary/aromatic N) is 2. The van der Waals surface area contributed by atoms with E-state index < -0.39 is 0 Å². The van der Waals surface area contributed by atoms with E-state index in [1.165, 1.54) is 11.3 Å². The zero-order valence-electron chi connectivity index (χ0n) is 8.51. The smallest absolute Gasteiger partial charge is 0.180 e. The molecule has 0 aromatic carbocycles. The van der Waals surface area contributed by atoms with E-state index in [-0.39, 0.29) is 0 Å². The predicted octanol–water partition coefficient (Wildman–Crippen LogP) is 1.95. The van der Waals surface area contributed by atoms with E-state index in [0.717, 1.165) is 24.5 Å². The van der Waals surface area contributed by atoms with Crippen LogP contribution in [0, 0.1) is 0 Å². The molecular weight excluding hydrogens is 210 g/mol. The van der Waals surface area contributed by atoms with Gasteiger partial charge in [-0.05, 0) is 19.2 Å². The van der Waals surface area contributed by atoms with E-state index in [4.69, 9.17) is 10.2 Å². The third-order valence-electron chi connectivity index (χ3n) is 2.01. The molecule has 0 spiro atoms. The molecule has 4 nitrogen and oxygen atoms in total. The van der Waals surface area contributed by atoms with Gasteiger partial charge < -0.3 is 10.2 Å². The summed E-state index contributed by atoms with van der Waals surface area (Å²) in [5.74, 6) is 0.959. The number of hydrogen-bond acceptors (Lipinski definition) is 5. The topological polar surface area (TPSA) is 55.3 Å². The zero-order valence-corrected chi connectivity index (χ0v) is 9.33. The van der Waals surface area contributed by atoms with Gasteiger partial charge in [-0.2, -0.15) is 0 Å². The maximum Gasteiger partial charge on any atom is 0.180 e. The van der Waals surface area contributed by atoms with Crippen LogP contribution >= 0.6 is 11.3 Å². The number of furan rings is 1. The molecule has 15 heavy (non-hydrogen) atoms. The summed E-state index contributed by atoms with van der Waals surface area (Å²) >= 11 is 1.47. The molecule has 0 atom stereocenters. The predicted molar refractivity (Wildman–Crippen MR) is 60.4 cm³/mol. The zero-order chi connectivity index (χ0) is 10.7. The van der Waals surface area contributed by atoms with E-state index in [1.807, 2.05) is 24.6 Å². The van der Waals surface area contributed by atoms with Crippen molar-refractivity contribution in [3.05, 3.63) is 35.2 Å². The summed E-state index contributed by atoms with van der Waals surface area (Å²) in [6, 6.07) is 3.86. The average molecular weight is 223 g/mol. The summed E-state index contributed by atoms with van der Waals surface area (Å²) in [5, 5.41) is 2.60. The molecule has 5 heteroatoms. The first kappa shape index (κ1) is 10.2. The number of rotatable bonds is 4. The van der Waals surface area contributed by atoms with Gasteiger partial charge in [0, 0.05) is 11.9 Å². The van der Waals surface area contributed by atoms with Crippen molar-refractivity contribution in [1.29, 1.82) is 0 Å². The molecule has 2 rings (SSSR count). The van der Waals surface area contributed by atoms with E-state index in [9.17, 15) is 0 Å². The standard InChI is InChI=1S/C10H13N3OS/c1-13(6-9-3-2-4-14-9)5-8-7-15-10(11)12-8/h2-4,7H,5-6H2,1H3,(H2,11,12). The van der Waals surface area contributed by atoms with Crippen LogP contribution in [0.3, 0.4) is 0 Å². The van der Waals surface area contributed by atoms with Gasteiger partial charge in [0.2, 0.25) is 0 Å². The molecular formula is C10H13N3OS. The van der Waals surface area contributed by atoms with E-state index in [1.54, 1.807) is 6.26 Å². The number of nitrogens with two attached hydrogens (primary N) is 1. The third-order valence-corrected chi connectivity index (χ3v) is 2.73. The molecule has 80 valence electrons. The summed E-state index contributed by atoms with van der Waals surface area (Å²) in [6.07, 6.45) is 1.68. The van der Waals surface area contributed by atoms with Crippen LogP contribution in [0.5, 0.6) is 0 Å². The van der Waals surface area contributed by atoms with Gasteiger partial charge in [-0.25, -0.2) is 4.98 Å². The van der Waals surface area contributed by atoms with Crippen molar-refractivity contribution in [2.75, 3.05) is 12.8 Å². The summed E-state index contributed by atoms with van der Waals surface area (Å²) in [7, 11) is 2.03. The Morgan fingerprint density at radius 2 is 2.40 bits per heavy atom. The molecule has 0 aliphatic heterocycles. The summed E-state index contributed by atoms with van der Waals surface area (Å²) in [6.45, 7) is 1.57. The molecule has 0 fully saturated rings. The molecule has 0 bridgehead atoms. The number of thiazole rings is 1. The second-order valence-electron chi connectivity index (χ2n) is 3.43. The Labute approximate surface area is 92.3 Å². The van der Waals surface area contributed by atoms with Gasteiger partial charge in [0.15, 0.2) is 5.13 Å². The Hall–Kier alpha value is -1.33. The fourth-order valence-corrected chi connectivity index (χ4v) is 1.95. The van der Waals surface area contributed by atoms with Gasteiger partial charge in [-0.1, -0.05) is 0 Å². The van der Waals surface area contributed by atoms with Crippen LogP contribution < -0.4 is 5.73 Å². The van der Waals surface area contributed by atoms with Crippen molar-refractivity contribution in [2.24, 2.45) is 0 Å². The van der Waals surface area contributed by atoms with Crippen molar-refractivity contribution in [3.8, 4) is 0 Å². The van der Waals surface area contributed by atoms with Crippen molar-refractivity contribution in [1.82, 2.24) is 9.88 Å². The minimum Gasteiger partial charge on any atom is -0.468 e. The number of anilines is 1. The number of aromatic nitrogens is 1. The largest absolute Gasteiger partial charge is 0.468 e. The summed E-state index contributed by atoms with van der Waals surface area (Å²) in [5.41, 5.74) is 6.57. The Morgan fingerprint density at radius 3 is 3.00 bits per heavy atom. The van der Waals surface area contributed by atoms with Crippen LogP contribution in [0.1, 0.15) is 11.5 Å². The van der Waals surface area contributed by atoms with Crippen molar-refractivity contribution >= 4 is 16.5 Å². The minimum absolute atomic E-state index is 0.622. The highest BCUT2D eigenvalue weighted by Gasteiger charge is 2.05. The molecule has 2 N–H and O–H groups in total. The second kappa shape index (κ2) is 4.46. The average Bonchev–Trinajstić information content (AvgIpc) is 2.77. The van der Waals surface area contributed by atoms with Crippen molar-refractivity contribution in [2.45, 2.75) is 13.1 Å². The monoisotopic (exact) mass is 223 g/mol. The van der Waals surface area contributed by atoms with Crippen LogP contribution in [0.15, 0.2) is 28.2 Å². The van der Waals surface area contributed by atoms with Gasteiger partial charge in [-0.3, -0.25) is 4.90 Å². The van der Waals surface area contributed by atoms with Gasteiger partial charge >= 0.3 is 0 Å². The fraction of sp³-hybridized carbons (Fsp3) is 0.300. The van der Waals surface area contributed by atoms with Gasteiger partial charge in [0.1, 0.15) is 5.76 Å². The fourth-order valence-electron chi connectivity index (χ4n) is 1.40. The first-order valence-corrected chi connectivity index (χ1v) is 5.53. The molecule has 2 heterocycles. The maximum absolute atomic E-state index is 5.56. The van der Waals surface area contributed by atoms with Crippen LogP contribution in [-0.4, -0.2) is 16.9 Å². The highest BCUT2D eigenvalue weighted by molar-refractivity contribution is 7.13. The molecule has 0 amide bonds. The molecule has 0 unspecified atom stereocenters. The van der Waals surface area contributed by atoms with E-state index in [2.05, 4.69) is 9.88 Å². The van der Waals surface area contributed by atoms with Crippen LogP contribution in [-0.2, 0) is 13.1 Å². The highest BCUT2D eigenvalue weighted by atomic mass is 32.1. The quantitative estimate of drug-likeness (QED) is 0.860. The second-order valence-corrected chi connectivity index (χ2v) is 4.32. The van der Waals surface area contributed by atoms with E-state index in [0.29, 0.717) is 5.13 Å². The maximum atomic E-state index is 5.56. The normalized spacial score (nSPS) is 11.1. The van der Waals surface area contributed by atoms with Crippen LogP contribution in [0.2, 0.25) is 0 Å². The van der Waals surface area contributed by atoms with Crippen molar-refractivity contribution in [3.63, 3.8) is 0 Å². The van der Waals surface area contributed by atoms with Gasteiger partial charge in [0.25, 0.3) is 0 Å².